The molecule has 1 heterocycles. The van der Waals surface area contributed by atoms with Gasteiger partial charge in [-0.3, -0.25) is 4.79 Å². The van der Waals surface area contributed by atoms with Crippen LogP contribution < -0.4 is 4.74 Å². The highest BCUT2D eigenvalue weighted by atomic mass is 32.2. The van der Waals surface area contributed by atoms with Crippen LogP contribution in [-0.4, -0.2) is 56.8 Å². The molecule has 1 aromatic carbocycles. The minimum atomic E-state index is -3.56. The molecule has 1 aliphatic heterocycles. The Kier molecular flexibility index (Phi) is 5.31. The molecular formula is C16H24N2O4S. The third-order valence-electron chi connectivity index (χ3n) is 4.20. The fourth-order valence-corrected chi connectivity index (χ4v) is 4.52. The zero-order valence-corrected chi connectivity index (χ0v) is 14.9. The monoisotopic (exact) mass is 340 g/mol. The molecule has 0 unspecified atom stereocenters. The first-order valence-corrected chi connectivity index (χ1v) is 9.18. The number of ether oxygens (including phenoxy) is 1. The lowest BCUT2D eigenvalue weighted by molar-refractivity contribution is -0.132. The zero-order chi connectivity index (χ0) is 17.2. The molecule has 7 heteroatoms. The third-order valence-corrected chi connectivity index (χ3v) is 6.24. The molecule has 1 aromatic rings. The molecule has 1 saturated heterocycles. The van der Waals surface area contributed by atoms with Gasteiger partial charge in [-0.15, -0.1) is 0 Å². The lowest BCUT2D eigenvalue weighted by Crippen LogP contribution is -2.50. The van der Waals surface area contributed by atoms with Crippen LogP contribution in [0.15, 0.2) is 17.0 Å². The molecule has 23 heavy (non-hydrogen) atoms. The fourth-order valence-electron chi connectivity index (χ4n) is 2.80. The molecule has 0 bridgehead atoms. The number of rotatable bonds is 4. The Morgan fingerprint density at radius 2 is 1.74 bits per heavy atom. The van der Waals surface area contributed by atoms with Crippen molar-refractivity contribution in [2.24, 2.45) is 0 Å². The van der Waals surface area contributed by atoms with Crippen LogP contribution in [0.3, 0.4) is 0 Å². The summed E-state index contributed by atoms with van der Waals surface area (Å²) in [6.07, 6.45) is 0.448. The summed E-state index contributed by atoms with van der Waals surface area (Å²) in [5.41, 5.74) is 1.45. The van der Waals surface area contributed by atoms with Gasteiger partial charge in [0.1, 0.15) is 5.75 Å². The number of nitrogens with zero attached hydrogens (tertiary/aromatic N) is 2. The molecule has 0 N–H and O–H groups in total. The third kappa shape index (κ3) is 3.50. The number of benzene rings is 1. The van der Waals surface area contributed by atoms with E-state index < -0.39 is 10.0 Å². The van der Waals surface area contributed by atoms with E-state index in [1.165, 1.54) is 4.31 Å². The summed E-state index contributed by atoms with van der Waals surface area (Å²) in [5.74, 6) is 0.748. The summed E-state index contributed by atoms with van der Waals surface area (Å²) in [6.45, 7) is 6.97. The van der Waals surface area contributed by atoms with Crippen LogP contribution in [0, 0.1) is 13.8 Å². The van der Waals surface area contributed by atoms with Gasteiger partial charge in [-0.05, 0) is 37.1 Å². The van der Waals surface area contributed by atoms with Crippen molar-refractivity contribution in [1.82, 2.24) is 9.21 Å². The molecule has 1 fully saturated rings. The largest absolute Gasteiger partial charge is 0.496 e. The lowest BCUT2D eigenvalue weighted by atomic mass is 10.1. The average Bonchev–Trinajstić information content (AvgIpc) is 2.55. The number of amides is 1. The van der Waals surface area contributed by atoms with E-state index in [1.807, 2.05) is 13.8 Å². The minimum absolute atomic E-state index is 0.0681. The van der Waals surface area contributed by atoms with Gasteiger partial charge < -0.3 is 9.64 Å². The van der Waals surface area contributed by atoms with Crippen molar-refractivity contribution < 1.29 is 17.9 Å². The Balaban J connectivity index is 2.24. The predicted octanol–water partition coefficient (Wildman–Crippen LogP) is 1.55. The second kappa shape index (κ2) is 6.88. The van der Waals surface area contributed by atoms with Gasteiger partial charge in [-0.1, -0.05) is 6.92 Å². The van der Waals surface area contributed by atoms with Gasteiger partial charge in [-0.2, -0.15) is 4.31 Å². The SMILES string of the molecule is CCC(=O)N1CCN(S(=O)(=O)c2cc(C)c(OC)cc2C)CC1. The van der Waals surface area contributed by atoms with E-state index >= 15 is 0 Å². The molecule has 6 nitrogen and oxygen atoms in total. The standard InChI is InChI=1S/C16H24N2O4S/c1-5-16(19)17-6-8-18(9-7-17)23(20,21)15-11-12(2)14(22-4)10-13(15)3/h10-11H,5-9H2,1-4H3. The van der Waals surface area contributed by atoms with E-state index in [4.69, 9.17) is 4.74 Å². The Morgan fingerprint density at radius 1 is 1.13 bits per heavy atom. The second-order valence-corrected chi connectivity index (χ2v) is 7.63. The van der Waals surface area contributed by atoms with Crippen molar-refractivity contribution in [2.45, 2.75) is 32.1 Å². The number of carbonyl (C=O) groups is 1. The van der Waals surface area contributed by atoms with Gasteiger partial charge in [0, 0.05) is 32.6 Å². The summed E-state index contributed by atoms with van der Waals surface area (Å²) in [7, 11) is -1.99. The fraction of sp³-hybridized carbons (Fsp3) is 0.562. The first kappa shape index (κ1) is 17.7. The van der Waals surface area contributed by atoms with Crippen LogP contribution >= 0.6 is 0 Å². The minimum Gasteiger partial charge on any atom is -0.496 e. The Bertz CT molecular complexity index is 692. The molecule has 128 valence electrons. The van der Waals surface area contributed by atoms with Gasteiger partial charge in [0.2, 0.25) is 15.9 Å². The van der Waals surface area contributed by atoms with Gasteiger partial charge in [-0.25, -0.2) is 8.42 Å². The van der Waals surface area contributed by atoms with Crippen LogP contribution in [0.4, 0.5) is 0 Å². The quantitative estimate of drug-likeness (QED) is 0.834. The van der Waals surface area contributed by atoms with E-state index in [2.05, 4.69) is 0 Å². The highest BCUT2D eigenvalue weighted by Crippen LogP contribution is 2.28. The molecule has 0 atom stereocenters. The zero-order valence-electron chi connectivity index (χ0n) is 14.1. The first-order chi connectivity index (χ1) is 10.8. The van der Waals surface area contributed by atoms with Crippen LogP contribution in [0.2, 0.25) is 0 Å². The van der Waals surface area contributed by atoms with E-state index in [1.54, 1.807) is 31.1 Å². The van der Waals surface area contributed by atoms with Gasteiger partial charge >= 0.3 is 0 Å². The van der Waals surface area contributed by atoms with Crippen LogP contribution in [0.1, 0.15) is 24.5 Å². The van der Waals surface area contributed by atoms with Crippen molar-refractivity contribution >= 4 is 15.9 Å². The summed E-state index contributed by atoms with van der Waals surface area (Å²) in [5, 5.41) is 0. The van der Waals surface area contributed by atoms with E-state index in [-0.39, 0.29) is 5.91 Å². The average molecular weight is 340 g/mol. The first-order valence-electron chi connectivity index (χ1n) is 7.74. The number of piperazine rings is 1. The highest BCUT2D eigenvalue weighted by Gasteiger charge is 2.31. The maximum atomic E-state index is 12.9. The smallest absolute Gasteiger partial charge is 0.243 e. The molecule has 0 radical (unpaired) electrons. The predicted molar refractivity (Wildman–Crippen MR) is 88.1 cm³/mol. The molecule has 0 aromatic heterocycles. The second-order valence-electron chi connectivity index (χ2n) is 5.73. The number of hydrogen-bond donors (Lipinski definition) is 0. The van der Waals surface area contributed by atoms with E-state index in [0.29, 0.717) is 48.8 Å². The van der Waals surface area contributed by atoms with Gasteiger partial charge in [0.15, 0.2) is 0 Å². The molecule has 1 aliphatic rings. The Labute approximate surface area is 138 Å². The Hall–Kier alpha value is -1.60. The van der Waals surface area contributed by atoms with Crippen LogP contribution in [0.25, 0.3) is 0 Å². The molecule has 0 aliphatic carbocycles. The molecule has 0 saturated carbocycles. The number of methoxy groups -OCH3 is 1. The number of sulfonamides is 1. The Morgan fingerprint density at radius 3 is 2.26 bits per heavy atom. The van der Waals surface area contributed by atoms with Gasteiger partial charge in [0.05, 0.1) is 12.0 Å². The van der Waals surface area contributed by atoms with Crippen molar-refractivity contribution in [3.8, 4) is 5.75 Å². The van der Waals surface area contributed by atoms with E-state index in [0.717, 1.165) is 5.56 Å². The summed E-state index contributed by atoms with van der Waals surface area (Å²) in [4.78, 5) is 13.7. The summed E-state index contributed by atoms with van der Waals surface area (Å²) >= 11 is 0. The number of hydrogen-bond acceptors (Lipinski definition) is 4. The van der Waals surface area contributed by atoms with Crippen LogP contribution in [-0.2, 0) is 14.8 Å². The van der Waals surface area contributed by atoms with E-state index in [9.17, 15) is 13.2 Å². The lowest BCUT2D eigenvalue weighted by Gasteiger charge is -2.34. The summed E-state index contributed by atoms with van der Waals surface area (Å²) in [6, 6.07) is 3.41. The van der Waals surface area contributed by atoms with Crippen molar-refractivity contribution in [2.75, 3.05) is 33.3 Å². The normalized spacial score (nSPS) is 16.4. The van der Waals surface area contributed by atoms with Crippen LogP contribution in [0.5, 0.6) is 5.75 Å². The van der Waals surface area contributed by atoms with Crippen molar-refractivity contribution in [3.63, 3.8) is 0 Å². The summed E-state index contributed by atoms with van der Waals surface area (Å²) < 4.78 is 32.5. The maximum absolute atomic E-state index is 12.9. The maximum Gasteiger partial charge on any atom is 0.243 e. The van der Waals surface area contributed by atoms with Gasteiger partial charge in [0.25, 0.3) is 0 Å². The number of aryl methyl sites for hydroxylation is 2. The molecular weight excluding hydrogens is 316 g/mol. The van der Waals surface area contributed by atoms with Crippen molar-refractivity contribution in [3.05, 3.63) is 23.3 Å². The molecule has 2 rings (SSSR count). The molecule has 1 amide bonds. The highest BCUT2D eigenvalue weighted by molar-refractivity contribution is 7.89. The molecule has 0 spiro atoms. The topological polar surface area (TPSA) is 66.9 Å². The number of carbonyl (C=O) groups excluding carboxylic acids is 1. The van der Waals surface area contributed by atoms with Crippen molar-refractivity contribution in [1.29, 1.82) is 0 Å².